The Labute approximate surface area is 178 Å². The van der Waals surface area contributed by atoms with Crippen molar-refractivity contribution in [3.05, 3.63) is 54.1 Å². The van der Waals surface area contributed by atoms with Gasteiger partial charge in [-0.05, 0) is 57.0 Å². The van der Waals surface area contributed by atoms with E-state index in [2.05, 4.69) is 0 Å². The first-order valence-corrected chi connectivity index (χ1v) is 10.7. The summed E-state index contributed by atoms with van der Waals surface area (Å²) in [5.41, 5.74) is 0.589. The maximum Gasteiger partial charge on any atom is 0.254 e. The van der Waals surface area contributed by atoms with Crippen molar-refractivity contribution in [2.45, 2.75) is 32.8 Å². The van der Waals surface area contributed by atoms with Gasteiger partial charge in [0.25, 0.3) is 5.91 Å². The average Bonchev–Trinajstić information content (AvgIpc) is 3.29. The Morgan fingerprint density at radius 3 is 2.53 bits per heavy atom. The summed E-state index contributed by atoms with van der Waals surface area (Å²) in [6.07, 6.45) is 2.20. The van der Waals surface area contributed by atoms with Gasteiger partial charge in [-0.2, -0.15) is 0 Å². The van der Waals surface area contributed by atoms with E-state index < -0.39 is 0 Å². The van der Waals surface area contributed by atoms with E-state index in [4.69, 9.17) is 18.9 Å². The highest BCUT2D eigenvalue weighted by molar-refractivity contribution is 5.95. The molecule has 162 valence electrons. The van der Waals surface area contributed by atoms with Crippen LogP contribution in [-0.2, 0) is 4.74 Å². The van der Waals surface area contributed by atoms with E-state index in [-0.39, 0.29) is 12.0 Å². The smallest absolute Gasteiger partial charge is 0.254 e. The van der Waals surface area contributed by atoms with Crippen LogP contribution in [-0.4, -0.2) is 56.4 Å². The number of amides is 1. The van der Waals surface area contributed by atoms with Crippen LogP contribution in [0.25, 0.3) is 0 Å². The van der Waals surface area contributed by atoms with E-state index in [0.717, 1.165) is 25.2 Å². The van der Waals surface area contributed by atoms with Crippen molar-refractivity contribution in [1.82, 2.24) is 4.90 Å². The number of nitrogens with zero attached hydrogens (tertiary/aromatic N) is 1. The van der Waals surface area contributed by atoms with Crippen LogP contribution in [0.5, 0.6) is 17.2 Å². The van der Waals surface area contributed by atoms with Gasteiger partial charge in [0, 0.05) is 25.3 Å². The summed E-state index contributed by atoms with van der Waals surface area (Å²) in [5.74, 6) is 1.95. The van der Waals surface area contributed by atoms with Crippen molar-refractivity contribution in [1.29, 1.82) is 0 Å². The summed E-state index contributed by atoms with van der Waals surface area (Å²) in [6.45, 7) is 7.22. The number of hydrogen-bond acceptors (Lipinski definition) is 5. The Bertz CT molecular complexity index is 789. The second-order valence-electron chi connectivity index (χ2n) is 7.08. The number of likely N-dealkylation sites (N-methyl/N-ethyl adjacent to an activating group) is 1. The van der Waals surface area contributed by atoms with Crippen LogP contribution >= 0.6 is 0 Å². The zero-order chi connectivity index (χ0) is 21.2. The monoisotopic (exact) mass is 413 g/mol. The third kappa shape index (κ3) is 6.13. The third-order valence-corrected chi connectivity index (χ3v) is 4.96. The lowest BCUT2D eigenvalue weighted by Gasteiger charge is -2.24. The fourth-order valence-corrected chi connectivity index (χ4v) is 3.43. The zero-order valence-electron chi connectivity index (χ0n) is 17.8. The Morgan fingerprint density at radius 2 is 1.83 bits per heavy atom. The molecule has 1 aliphatic heterocycles. The van der Waals surface area contributed by atoms with Gasteiger partial charge in [-0.1, -0.05) is 18.2 Å². The Morgan fingerprint density at radius 1 is 1.03 bits per heavy atom. The molecule has 1 saturated heterocycles. The van der Waals surface area contributed by atoms with E-state index in [0.29, 0.717) is 50.0 Å². The number of ether oxygens (including phenoxy) is 4. The van der Waals surface area contributed by atoms with Crippen LogP contribution in [0.15, 0.2) is 48.5 Å². The summed E-state index contributed by atoms with van der Waals surface area (Å²) in [7, 11) is 0. The second kappa shape index (κ2) is 11.5. The summed E-state index contributed by atoms with van der Waals surface area (Å²) in [5, 5.41) is 0. The van der Waals surface area contributed by atoms with Crippen molar-refractivity contribution in [3.8, 4) is 17.2 Å². The number of para-hydroxylation sites is 1. The Kier molecular flexibility index (Phi) is 8.39. The highest BCUT2D eigenvalue weighted by Gasteiger charge is 2.23. The number of hydrogen-bond donors (Lipinski definition) is 0. The molecule has 30 heavy (non-hydrogen) atoms. The molecule has 0 spiro atoms. The lowest BCUT2D eigenvalue weighted by molar-refractivity contribution is 0.0539. The SMILES string of the molecule is CCOc1cc(C(=O)N(CC)CC2CCCO2)ccc1OCCOc1ccccc1. The Balaban J connectivity index is 1.60. The van der Waals surface area contributed by atoms with Gasteiger partial charge in [-0.15, -0.1) is 0 Å². The van der Waals surface area contributed by atoms with Gasteiger partial charge in [-0.25, -0.2) is 0 Å². The largest absolute Gasteiger partial charge is 0.490 e. The minimum atomic E-state index is -0.0205. The number of carbonyl (C=O) groups is 1. The van der Waals surface area contributed by atoms with Crippen LogP contribution in [0.3, 0.4) is 0 Å². The summed E-state index contributed by atoms with van der Waals surface area (Å²) < 4.78 is 22.9. The molecule has 0 radical (unpaired) electrons. The average molecular weight is 414 g/mol. The lowest BCUT2D eigenvalue weighted by atomic mass is 10.1. The van der Waals surface area contributed by atoms with Gasteiger partial charge in [0.05, 0.1) is 12.7 Å². The molecular formula is C24H31NO5. The van der Waals surface area contributed by atoms with Gasteiger partial charge < -0.3 is 23.8 Å². The number of rotatable bonds is 11. The molecule has 6 nitrogen and oxygen atoms in total. The molecule has 0 saturated carbocycles. The summed E-state index contributed by atoms with van der Waals surface area (Å²) in [6, 6.07) is 15.0. The highest BCUT2D eigenvalue weighted by atomic mass is 16.5. The van der Waals surface area contributed by atoms with Gasteiger partial charge >= 0.3 is 0 Å². The third-order valence-electron chi connectivity index (χ3n) is 4.96. The fourth-order valence-electron chi connectivity index (χ4n) is 3.43. The molecular weight excluding hydrogens is 382 g/mol. The summed E-state index contributed by atoms with van der Waals surface area (Å²) >= 11 is 0. The molecule has 1 atom stereocenters. The van der Waals surface area contributed by atoms with Gasteiger partial charge in [-0.3, -0.25) is 4.79 Å². The molecule has 2 aromatic carbocycles. The van der Waals surface area contributed by atoms with Crippen LogP contribution in [0, 0.1) is 0 Å². The van der Waals surface area contributed by atoms with E-state index in [1.807, 2.05) is 49.1 Å². The normalized spacial score (nSPS) is 15.6. The first-order valence-electron chi connectivity index (χ1n) is 10.7. The van der Waals surface area contributed by atoms with Gasteiger partial charge in [0.2, 0.25) is 0 Å². The second-order valence-corrected chi connectivity index (χ2v) is 7.08. The van der Waals surface area contributed by atoms with E-state index in [9.17, 15) is 4.79 Å². The van der Waals surface area contributed by atoms with Crippen molar-refractivity contribution < 1.29 is 23.7 Å². The number of benzene rings is 2. The minimum absolute atomic E-state index is 0.0205. The minimum Gasteiger partial charge on any atom is -0.490 e. The first-order chi connectivity index (χ1) is 14.7. The maximum absolute atomic E-state index is 13.0. The van der Waals surface area contributed by atoms with Crippen LogP contribution in [0.4, 0.5) is 0 Å². The van der Waals surface area contributed by atoms with Crippen LogP contribution in [0.1, 0.15) is 37.0 Å². The predicted molar refractivity (Wildman–Crippen MR) is 116 cm³/mol. The highest BCUT2D eigenvalue weighted by Crippen LogP contribution is 2.29. The molecule has 1 heterocycles. The predicted octanol–water partition coefficient (Wildman–Crippen LogP) is 4.18. The molecule has 0 aromatic heterocycles. The molecule has 1 amide bonds. The molecule has 0 bridgehead atoms. The summed E-state index contributed by atoms with van der Waals surface area (Å²) in [4.78, 5) is 14.8. The fraction of sp³-hybridized carbons (Fsp3) is 0.458. The number of carbonyl (C=O) groups excluding carboxylic acids is 1. The lowest BCUT2D eigenvalue weighted by Crippen LogP contribution is -2.37. The molecule has 0 aliphatic carbocycles. The maximum atomic E-state index is 13.0. The Hall–Kier alpha value is -2.73. The van der Waals surface area contributed by atoms with Crippen molar-refractivity contribution in [2.75, 3.05) is 39.5 Å². The van der Waals surface area contributed by atoms with Crippen LogP contribution < -0.4 is 14.2 Å². The van der Waals surface area contributed by atoms with Crippen LogP contribution in [0.2, 0.25) is 0 Å². The molecule has 1 fully saturated rings. The van der Waals surface area contributed by atoms with Crippen molar-refractivity contribution >= 4 is 5.91 Å². The first kappa shape index (κ1) is 22.0. The molecule has 2 aromatic rings. The topological polar surface area (TPSA) is 57.2 Å². The van der Waals surface area contributed by atoms with E-state index in [1.165, 1.54) is 0 Å². The van der Waals surface area contributed by atoms with E-state index in [1.54, 1.807) is 18.2 Å². The zero-order valence-corrected chi connectivity index (χ0v) is 17.8. The van der Waals surface area contributed by atoms with Gasteiger partial charge in [0.1, 0.15) is 19.0 Å². The molecule has 1 aliphatic rings. The molecule has 3 rings (SSSR count). The van der Waals surface area contributed by atoms with Crippen molar-refractivity contribution in [3.63, 3.8) is 0 Å². The van der Waals surface area contributed by atoms with Crippen molar-refractivity contribution in [2.24, 2.45) is 0 Å². The molecule has 0 N–H and O–H groups in total. The van der Waals surface area contributed by atoms with Gasteiger partial charge in [0.15, 0.2) is 11.5 Å². The standard InChI is InChI=1S/C24H31NO5/c1-3-25(18-21-11-8-14-28-21)24(26)19-12-13-22(23(17-19)27-4-2)30-16-15-29-20-9-6-5-7-10-20/h5-7,9-10,12-13,17,21H,3-4,8,11,14-16,18H2,1-2H3. The quantitative estimate of drug-likeness (QED) is 0.517. The van der Waals surface area contributed by atoms with E-state index >= 15 is 0 Å². The molecule has 1 unspecified atom stereocenters. The molecule has 6 heteroatoms.